The molecule has 0 amide bonds. The predicted molar refractivity (Wildman–Crippen MR) is 111 cm³/mol. The lowest BCUT2D eigenvalue weighted by molar-refractivity contribution is 0.393. The Bertz CT molecular complexity index is 646. The molecule has 0 N–H and O–H groups in total. The van der Waals surface area contributed by atoms with Crippen LogP contribution in [-0.2, 0) is 0 Å². The lowest BCUT2D eigenvalue weighted by Crippen LogP contribution is -2.18. The Kier molecular flexibility index (Phi) is 6.42. The monoisotopic (exact) mass is 332 g/mol. The summed E-state index contributed by atoms with van der Waals surface area (Å²) >= 11 is 0. The van der Waals surface area contributed by atoms with Gasteiger partial charge in [-0.2, -0.15) is 0 Å². The van der Waals surface area contributed by atoms with Crippen LogP contribution in [0.2, 0.25) is 0 Å². The van der Waals surface area contributed by atoms with Crippen LogP contribution in [0.1, 0.15) is 57.6 Å². The summed E-state index contributed by atoms with van der Waals surface area (Å²) in [5, 5.41) is 0. The molecule has 0 aliphatic heterocycles. The van der Waals surface area contributed by atoms with E-state index in [0.717, 1.165) is 12.8 Å². The molecule has 0 heteroatoms. The van der Waals surface area contributed by atoms with Gasteiger partial charge in [0.15, 0.2) is 0 Å². The van der Waals surface area contributed by atoms with Gasteiger partial charge in [-0.25, -0.2) is 0 Å². The maximum Gasteiger partial charge on any atom is 0.0158 e. The first-order valence-electron chi connectivity index (χ1n) is 9.20. The van der Waals surface area contributed by atoms with Gasteiger partial charge in [-0.3, -0.25) is 0 Å². The van der Waals surface area contributed by atoms with Crippen LogP contribution in [0.25, 0.3) is 0 Å². The molecule has 1 atom stereocenters. The summed E-state index contributed by atoms with van der Waals surface area (Å²) in [4.78, 5) is 0. The van der Waals surface area contributed by atoms with Crippen molar-refractivity contribution in [3.05, 3.63) is 96.1 Å². The molecule has 0 saturated heterocycles. The molecule has 0 aromatic heterocycles. The van der Waals surface area contributed by atoms with E-state index in [1.165, 1.54) is 22.3 Å². The van der Waals surface area contributed by atoms with Gasteiger partial charge in [0.05, 0.1) is 0 Å². The molecule has 2 aromatic carbocycles. The van der Waals surface area contributed by atoms with Crippen molar-refractivity contribution >= 4 is 0 Å². The summed E-state index contributed by atoms with van der Waals surface area (Å²) in [6.07, 6.45) is 2.04. The fraction of sp³-hybridized carbons (Fsp3) is 0.360. The summed E-state index contributed by atoms with van der Waals surface area (Å²) in [5.74, 6) is 0.677. The molecule has 132 valence electrons. The highest BCUT2D eigenvalue weighted by Gasteiger charge is 2.27. The zero-order valence-electron chi connectivity index (χ0n) is 16.3. The highest BCUT2D eigenvalue weighted by Crippen LogP contribution is 2.40. The van der Waals surface area contributed by atoms with Crippen LogP contribution in [0, 0.1) is 11.3 Å². The first kappa shape index (κ1) is 19.2. The molecule has 0 aliphatic rings. The lowest BCUT2D eigenvalue weighted by Gasteiger charge is -2.31. The Hall–Kier alpha value is -2.08. The van der Waals surface area contributed by atoms with Crippen LogP contribution in [0.3, 0.4) is 0 Å². The molecule has 0 nitrogen and oxygen atoms in total. The van der Waals surface area contributed by atoms with E-state index in [2.05, 4.69) is 102 Å². The molecule has 0 fully saturated rings. The second-order valence-electron chi connectivity index (χ2n) is 8.44. The average molecular weight is 333 g/mol. The second kappa shape index (κ2) is 8.34. The van der Waals surface area contributed by atoms with Crippen molar-refractivity contribution < 1.29 is 0 Å². The quantitative estimate of drug-likeness (QED) is 0.463. The molecule has 0 aliphatic carbocycles. The van der Waals surface area contributed by atoms with E-state index < -0.39 is 0 Å². The zero-order valence-corrected chi connectivity index (χ0v) is 16.3. The van der Waals surface area contributed by atoms with E-state index in [4.69, 9.17) is 0 Å². The van der Waals surface area contributed by atoms with E-state index >= 15 is 0 Å². The van der Waals surface area contributed by atoms with Gasteiger partial charge in [-0.15, -0.1) is 0 Å². The van der Waals surface area contributed by atoms with Crippen molar-refractivity contribution in [1.82, 2.24) is 0 Å². The Labute approximate surface area is 154 Å². The third kappa shape index (κ3) is 5.74. The van der Waals surface area contributed by atoms with E-state index in [9.17, 15) is 0 Å². The second-order valence-corrected chi connectivity index (χ2v) is 8.44. The molecule has 2 rings (SSSR count). The maximum atomic E-state index is 4.39. The number of hydrogen-bond acceptors (Lipinski definition) is 0. The van der Waals surface area contributed by atoms with Crippen molar-refractivity contribution in [1.29, 1.82) is 0 Å². The molecule has 0 unspecified atom stereocenters. The summed E-state index contributed by atoms with van der Waals surface area (Å²) < 4.78 is 0. The average Bonchev–Trinajstić information content (AvgIpc) is 2.54. The Balaban J connectivity index is 2.38. The SMILES string of the molecule is C=C(C[C@H](C(=C)C)C(c1ccccc1)c1ccccc1)CC(C)(C)C. The van der Waals surface area contributed by atoms with Gasteiger partial charge < -0.3 is 0 Å². The summed E-state index contributed by atoms with van der Waals surface area (Å²) in [6.45, 7) is 17.7. The number of rotatable bonds is 7. The smallest absolute Gasteiger partial charge is 0.0158 e. The minimum Gasteiger partial charge on any atom is -0.0998 e. The molecular weight excluding hydrogens is 300 g/mol. The van der Waals surface area contributed by atoms with E-state index in [1.54, 1.807) is 0 Å². The predicted octanol–water partition coefficient (Wildman–Crippen LogP) is 7.39. The van der Waals surface area contributed by atoms with Gasteiger partial charge in [0.1, 0.15) is 0 Å². The molecule has 0 bridgehead atoms. The molecule has 0 heterocycles. The molecular formula is C25H32. The first-order chi connectivity index (χ1) is 11.8. The highest BCUT2D eigenvalue weighted by molar-refractivity contribution is 5.36. The molecule has 2 aromatic rings. The minimum atomic E-state index is 0.270. The number of benzene rings is 2. The fourth-order valence-corrected chi connectivity index (χ4v) is 3.69. The standard InChI is InChI=1S/C25H32/c1-19(2)23(17-20(3)18-25(4,5)6)24(21-13-9-7-10-14-21)22-15-11-8-12-16-22/h7-16,23-24H,1,3,17-18H2,2,4-6H3/t23-/m1/s1. The molecule has 25 heavy (non-hydrogen) atoms. The summed E-state index contributed by atoms with van der Waals surface area (Å²) in [6, 6.07) is 21.6. The Morgan fingerprint density at radius 3 is 1.64 bits per heavy atom. The van der Waals surface area contributed by atoms with Gasteiger partial charge in [-0.1, -0.05) is 106 Å². The zero-order chi connectivity index (χ0) is 18.4. The molecule has 0 saturated carbocycles. The van der Waals surface area contributed by atoms with Crippen LogP contribution in [0.5, 0.6) is 0 Å². The van der Waals surface area contributed by atoms with Gasteiger partial charge in [0.25, 0.3) is 0 Å². The van der Waals surface area contributed by atoms with Gasteiger partial charge in [0, 0.05) is 5.92 Å². The summed E-state index contributed by atoms with van der Waals surface area (Å²) in [7, 11) is 0. The summed E-state index contributed by atoms with van der Waals surface area (Å²) in [5.41, 5.74) is 5.52. The van der Waals surface area contributed by atoms with Gasteiger partial charge in [0.2, 0.25) is 0 Å². The van der Waals surface area contributed by atoms with Crippen molar-refractivity contribution in [2.24, 2.45) is 11.3 Å². The third-order valence-corrected chi connectivity index (χ3v) is 4.64. The van der Waals surface area contributed by atoms with E-state index in [0.29, 0.717) is 11.8 Å². The van der Waals surface area contributed by atoms with Crippen LogP contribution < -0.4 is 0 Å². The van der Waals surface area contributed by atoms with Crippen molar-refractivity contribution in [3.8, 4) is 0 Å². The van der Waals surface area contributed by atoms with Crippen molar-refractivity contribution in [3.63, 3.8) is 0 Å². The fourth-order valence-electron chi connectivity index (χ4n) is 3.69. The van der Waals surface area contributed by atoms with Gasteiger partial charge >= 0.3 is 0 Å². The normalized spacial score (nSPS) is 12.8. The van der Waals surface area contributed by atoms with Crippen molar-refractivity contribution in [2.75, 3.05) is 0 Å². The van der Waals surface area contributed by atoms with E-state index in [-0.39, 0.29) is 5.41 Å². The third-order valence-electron chi connectivity index (χ3n) is 4.64. The number of hydrogen-bond donors (Lipinski definition) is 0. The van der Waals surface area contributed by atoms with E-state index in [1.807, 2.05) is 0 Å². The maximum absolute atomic E-state index is 4.39. The molecule has 0 spiro atoms. The lowest BCUT2D eigenvalue weighted by atomic mass is 9.73. The minimum absolute atomic E-state index is 0.270. The molecule has 0 radical (unpaired) electrons. The van der Waals surface area contributed by atoms with Crippen LogP contribution in [0.15, 0.2) is 85.0 Å². The topological polar surface area (TPSA) is 0 Å². The highest BCUT2D eigenvalue weighted by atomic mass is 14.3. The Morgan fingerprint density at radius 1 is 0.840 bits per heavy atom. The van der Waals surface area contributed by atoms with Crippen LogP contribution in [-0.4, -0.2) is 0 Å². The largest absolute Gasteiger partial charge is 0.0998 e. The van der Waals surface area contributed by atoms with Crippen LogP contribution >= 0.6 is 0 Å². The van der Waals surface area contributed by atoms with Crippen molar-refractivity contribution in [2.45, 2.75) is 46.5 Å². The van der Waals surface area contributed by atoms with Crippen LogP contribution in [0.4, 0.5) is 0 Å². The van der Waals surface area contributed by atoms with Gasteiger partial charge in [-0.05, 0) is 42.2 Å². The number of allylic oxidation sites excluding steroid dienone is 2. The Morgan fingerprint density at radius 2 is 1.28 bits per heavy atom. The first-order valence-corrected chi connectivity index (χ1v) is 9.20.